The molecule has 7 heteroatoms. The first-order valence-electron chi connectivity index (χ1n) is 8.20. The summed E-state index contributed by atoms with van der Waals surface area (Å²) >= 11 is 0. The van der Waals surface area contributed by atoms with E-state index in [1.807, 2.05) is 30.3 Å². The summed E-state index contributed by atoms with van der Waals surface area (Å²) in [5.41, 5.74) is 1.01. The van der Waals surface area contributed by atoms with Crippen molar-refractivity contribution in [3.63, 3.8) is 0 Å². The van der Waals surface area contributed by atoms with Crippen molar-refractivity contribution >= 4 is 10.0 Å². The highest BCUT2D eigenvalue weighted by molar-refractivity contribution is 7.89. The van der Waals surface area contributed by atoms with Crippen molar-refractivity contribution in [2.75, 3.05) is 19.6 Å². The maximum absolute atomic E-state index is 13.3. The molecular weight excluding hydrogens is 346 g/mol. The Labute approximate surface area is 146 Å². The molecule has 0 spiro atoms. The molecule has 2 aromatic rings. The Kier molecular flexibility index (Phi) is 5.46. The van der Waals surface area contributed by atoms with E-state index in [-0.39, 0.29) is 12.6 Å². The molecule has 2 aromatic carbocycles. The van der Waals surface area contributed by atoms with E-state index in [0.717, 1.165) is 43.6 Å². The number of hydrogen-bond donors (Lipinski definition) is 1. The van der Waals surface area contributed by atoms with Crippen molar-refractivity contribution in [2.24, 2.45) is 0 Å². The monoisotopic (exact) mass is 366 g/mol. The molecule has 1 saturated heterocycles. The fourth-order valence-corrected chi connectivity index (χ4v) is 4.22. The number of sulfonamides is 1. The first kappa shape index (κ1) is 18.0. The molecule has 0 aliphatic carbocycles. The molecule has 0 amide bonds. The summed E-state index contributed by atoms with van der Waals surface area (Å²) in [6.07, 6.45) is 2.15. The summed E-state index contributed by atoms with van der Waals surface area (Å²) in [5.74, 6) is -1.83. The second-order valence-electron chi connectivity index (χ2n) is 6.13. The Morgan fingerprint density at radius 3 is 2.20 bits per heavy atom. The lowest BCUT2D eigenvalue weighted by Gasteiger charge is -2.28. The fourth-order valence-electron chi connectivity index (χ4n) is 3.14. The molecular formula is C18H20F2N2O2S. The van der Waals surface area contributed by atoms with Crippen LogP contribution in [0, 0.1) is 11.6 Å². The number of hydrogen-bond acceptors (Lipinski definition) is 3. The number of nitrogens with one attached hydrogen (secondary N) is 1. The van der Waals surface area contributed by atoms with E-state index in [0.29, 0.717) is 6.07 Å². The molecule has 4 nitrogen and oxygen atoms in total. The molecule has 0 saturated carbocycles. The van der Waals surface area contributed by atoms with E-state index in [1.54, 1.807) is 0 Å². The first-order chi connectivity index (χ1) is 12.0. The van der Waals surface area contributed by atoms with Crippen molar-refractivity contribution in [1.29, 1.82) is 0 Å². The van der Waals surface area contributed by atoms with Gasteiger partial charge in [-0.25, -0.2) is 21.9 Å². The predicted molar refractivity (Wildman–Crippen MR) is 91.5 cm³/mol. The van der Waals surface area contributed by atoms with Crippen molar-refractivity contribution in [3.8, 4) is 0 Å². The molecule has 1 N–H and O–H groups in total. The second kappa shape index (κ2) is 7.59. The quantitative estimate of drug-likeness (QED) is 0.855. The largest absolute Gasteiger partial charge is 0.295 e. The van der Waals surface area contributed by atoms with Crippen LogP contribution in [0.4, 0.5) is 8.78 Å². The van der Waals surface area contributed by atoms with Crippen LogP contribution >= 0.6 is 0 Å². The minimum Gasteiger partial charge on any atom is -0.295 e. The smallest absolute Gasteiger partial charge is 0.240 e. The highest BCUT2D eigenvalue weighted by Gasteiger charge is 2.26. The lowest BCUT2D eigenvalue weighted by molar-refractivity contribution is 0.246. The highest BCUT2D eigenvalue weighted by Crippen LogP contribution is 2.25. The standard InChI is InChI=1S/C18H20F2N2O2S/c19-15-10-16(20)12-17(11-15)25(23,24)21-13-18(22-8-4-5-9-22)14-6-2-1-3-7-14/h1-3,6-7,10-12,18,21H,4-5,8-9,13H2. The van der Waals surface area contributed by atoms with Crippen LogP contribution in [-0.2, 0) is 10.0 Å². The molecule has 1 aliphatic heterocycles. The maximum Gasteiger partial charge on any atom is 0.240 e. The van der Waals surface area contributed by atoms with Gasteiger partial charge in [-0.2, -0.15) is 0 Å². The summed E-state index contributed by atoms with van der Waals surface area (Å²) in [4.78, 5) is 1.82. The molecule has 1 atom stereocenters. The molecule has 0 aromatic heterocycles. The number of rotatable bonds is 6. The summed E-state index contributed by atoms with van der Waals surface area (Å²) in [6.45, 7) is 1.94. The first-order valence-corrected chi connectivity index (χ1v) is 9.69. The van der Waals surface area contributed by atoms with Gasteiger partial charge < -0.3 is 0 Å². The highest BCUT2D eigenvalue weighted by atomic mass is 32.2. The molecule has 0 bridgehead atoms. The SMILES string of the molecule is O=S(=O)(NCC(c1ccccc1)N1CCCC1)c1cc(F)cc(F)c1. The van der Waals surface area contributed by atoms with Gasteiger partial charge in [0, 0.05) is 18.7 Å². The van der Waals surface area contributed by atoms with E-state index < -0.39 is 26.6 Å². The Bertz CT molecular complexity index is 802. The third-order valence-electron chi connectivity index (χ3n) is 4.38. The van der Waals surface area contributed by atoms with Gasteiger partial charge in [0.25, 0.3) is 0 Å². The number of halogens is 2. The van der Waals surface area contributed by atoms with E-state index in [4.69, 9.17) is 0 Å². The normalized spacial score (nSPS) is 16.9. The maximum atomic E-state index is 13.3. The van der Waals surface area contributed by atoms with Crippen LogP contribution in [-0.4, -0.2) is 33.0 Å². The molecule has 1 fully saturated rings. The zero-order valence-corrected chi connectivity index (χ0v) is 14.5. The van der Waals surface area contributed by atoms with Gasteiger partial charge in [0.05, 0.1) is 4.90 Å². The topological polar surface area (TPSA) is 49.4 Å². The van der Waals surface area contributed by atoms with Crippen LogP contribution in [0.25, 0.3) is 0 Å². The predicted octanol–water partition coefficient (Wildman–Crippen LogP) is 3.08. The number of benzene rings is 2. The van der Waals surface area contributed by atoms with Gasteiger partial charge in [-0.3, -0.25) is 4.90 Å². The van der Waals surface area contributed by atoms with E-state index in [1.165, 1.54) is 0 Å². The zero-order chi connectivity index (χ0) is 17.9. The van der Waals surface area contributed by atoms with Gasteiger partial charge in [-0.05, 0) is 43.6 Å². The number of nitrogens with zero attached hydrogens (tertiary/aromatic N) is 1. The average molecular weight is 366 g/mol. The third kappa shape index (κ3) is 4.42. The minimum atomic E-state index is -3.99. The summed E-state index contributed by atoms with van der Waals surface area (Å²) in [5, 5.41) is 0. The van der Waals surface area contributed by atoms with Gasteiger partial charge in [0.2, 0.25) is 10.0 Å². The minimum absolute atomic E-state index is 0.114. The van der Waals surface area contributed by atoms with Crippen LogP contribution in [0.2, 0.25) is 0 Å². The van der Waals surface area contributed by atoms with Crippen molar-refractivity contribution < 1.29 is 17.2 Å². The lowest BCUT2D eigenvalue weighted by atomic mass is 10.1. The molecule has 134 valence electrons. The van der Waals surface area contributed by atoms with E-state index in [2.05, 4.69) is 9.62 Å². The van der Waals surface area contributed by atoms with Crippen molar-refractivity contribution in [3.05, 3.63) is 65.7 Å². The Hall–Kier alpha value is -1.83. The zero-order valence-electron chi connectivity index (χ0n) is 13.7. The molecule has 1 unspecified atom stereocenters. The summed E-state index contributed by atoms with van der Waals surface area (Å²) < 4.78 is 54.0. The van der Waals surface area contributed by atoms with Gasteiger partial charge in [0.15, 0.2) is 0 Å². The molecule has 1 heterocycles. The Balaban J connectivity index is 1.80. The molecule has 1 aliphatic rings. The van der Waals surface area contributed by atoms with Crippen molar-refractivity contribution in [2.45, 2.75) is 23.8 Å². The van der Waals surface area contributed by atoms with Gasteiger partial charge in [-0.15, -0.1) is 0 Å². The van der Waals surface area contributed by atoms with E-state index >= 15 is 0 Å². The fraction of sp³-hybridized carbons (Fsp3) is 0.333. The molecule has 0 radical (unpaired) electrons. The van der Waals surface area contributed by atoms with Gasteiger partial charge in [-0.1, -0.05) is 30.3 Å². The molecule has 3 rings (SSSR count). The average Bonchev–Trinajstić information content (AvgIpc) is 3.09. The summed E-state index contributed by atoms with van der Waals surface area (Å²) in [6, 6.07) is 11.8. The van der Waals surface area contributed by atoms with Crippen LogP contribution in [0.15, 0.2) is 53.4 Å². The number of likely N-dealkylation sites (tertiary alicyclic amines) is 1. The lowest BCUT2D eigenvalue weighted by Crippen LogP contribution is -2.36. The van der Waals surface area contributed by atoms with Crippen molar-refractivity contribution in [1.82, 2.24) is 9.62 Å². The third-order valence-corrected chi connectivity index (χ3v) is 5.78. The van der Waals surface area contributed by atoms with Crippen LogP contribution in [0.5, 0.6) is 0 Å². The van der Waals surface area contributed by atoms with Gasteiger partial charge in [0.1, 0.15) is 11.6 Å². The van der Waals surface area contributed by atoms with Crippen LogP contribution in [0.3, 0.4) is 0 Å². The van der Waals surface area contributed by atoms with Crippen LogP contribution in [0.1, 0.15) is 24.4 Å². The molecule has 25 heavy (non-hydrogen) atoms. The van der Waals surface area contributed by atoms with E-state index in [9.17, 15) is 17.2 Å². The summed E-state index contributed by atoms with van der Waals surface area (Å²) in [7, 11) is -3.99. The van der Waals surface area contributed by atoms with Crippen LogP contribution < -0.4 is 4.72 Å². The Morgan fingerprint density at radius 2 is 1.60 bits per heavy atom. The Morgan fingerprint density at radius 1 is 1.00 bits per heavy atom. The second-order valence-corrected chi connectivity index (χ2v) is 7.89. The van der Waals surface area contributed by atoms with Gasteiger partial charge >= 0.3 is 0 Å².